The fourth-order valence-corrected chi connectivity index (χ4v) is 1.35. The van der Waals surface area contributed by atoms with E-state index in [-0.39, 0.29) is 12.1 Å². The van der Waals surface area contributed by atoms with Crippen molar-refractivity contribution in [2.75, 3.05) is 0 Å². The smallest absolute Gasteiger partial charge is 0.258 e. The number of nitro benzene ring substituents is 1. The van der Waals surface area contributed by atoms with Crippen LogP contribution in [0.4, 0.5) is 5.69 Å². The Morgan fingerprint density at radius 3 is 2.60 bits per heavy atom. The largest absolute Gasteiger partial charge is 0.272 e. The minimum absolute atomic E-state index is 0.0103. The lowest BCUT2D eigenvalue weighted by Crippen LogP contribution is -1.99. The summed E-state index contributed by atoms with van der Waals surface area (Å²) in [5.41, 5.74) is 1.09. The molecule has 5 heteroatoms. The van der Waals surface area contributed by atoms with Crippen LogP contribution in [0.25, 0.3) is 0 Å². The number of nitrogens with zero attached hydrogens (tertiary/aromatic N) is 3. The Hall–Kier alpha value is -2.40. The molecule has 1 aromatic carbocycles. The summed E-state index contributed by atoms with van der Waals surface area (Å²) in [6, 6.07) is 6.46. The van der Waals surface area contributed by atoms with Gasteiger partial charge in [-0.2, -0.15) is 10.5 Å². The molecule has 0 unspecified atom stereocenters. The molecule has 0 heterocycles. The highest BCUT2D eigenvalue weighted by atomic mass is 16.6. The van der Waals surface area contributed by atoms with Gasteiger partial charge in [-0.05, 0) is 18.6 Å². The Labute approximate surface area is 86.3 Å². The summed E-state index contributed by atoms with van der Waals surface area (Å²) in [4.78, 5) is 10.1. The number of nitro groups is 1. The van der Waals surface area contributed by atoms with Crippen LogP contribution in [0, 0.1) is 39.7 Å². The summed E-state index contributed by atoms with van der Waals surface area (Å²) in [5, 5.41) is 28.0. The summed E-state index contributed by atoms with van der Waals surface area (Å²) >= 11 is 0. The highest BCUT2D eigenvalue weighted by molar-refractivity contribution is 5.53. The molecule has 0 radical (unpaired) electrons. The number of rotatable bonds is 2. The second-order valence-corrected chi connectivity index (χ2v) is 2.94. The van der Waals surface area contributed by atoms with Crippen LogP contribution in [-0.2, 0) is 6.42 Å². The van der Waals surface area contributed by atoms with E-state index in [1.54, 1.807) is 6.92 Å². The molecule has 74 valence electrons. The molecular formula is C10H7N3O2. The molecule has 0 atom stereocenters. The predicted octanol–water partition coefficient (Wildman–Crippen LogP) is 1.84. The van der Waals surface area contributed by atoms with Gasteiger partial charge in [0, 0.05) is 11.6 Å². The quantitative estimate of drug-likeness (QED) is 0.539. The zero-order valence-electron chi connectivity index (χ0n) is 8.02. The average molecular weight is 201 g/mol. The standard InChI is InChI=1S/C10H7N3O2/c1-7-9(4-5-11)8(6-12)2-3-10(7)13(14)15/h2-3H,4H2,1H3. The van der Waals surface area contributed by atoms with E-state index in [4.69, 9.17) is 10.5 Å². The molecule has 0 N–H and O–H groups in total. The zero-order chi connectivity index (χ0) is 11.4. The Kier molecular flexibility index (Phi) is 3.00. The van der Waals surface area contributed by atoms with Crippen molar-refractivity contribution in [3.63, 3.8) is 0 Å². The summed E-state index contributed by atoms with van der Waals surface area (Å²) in [7, 11) is 0. The maximum atomic E-state index is 10.6. The van der Waals surface area contributed by atoms with Crippen LogP contribution in [0.15, 0.2) is 12.1 Å². The van der Waals surface area contributed by atoms with E-state index in [2.05, 4.69) is 0 Å². The van der Waals surface area contributed by atoms with Crippen LogP contribution >= 0.6 is 0 Å². The molecule has 15 heavy (non-hydrogen) atoms. The van der Waals surface area contributed by atoms with Crippen LogP contribution < -0.4 is 0 Å². The molecule has 0 fully saturated rings. The van der Waals surface area contributed by atoms with Crippen molar-refractivity contribution in [1.29, 1.82) is 10.5 Å². The Morgan fingerprint density at radius 2 is 2.13 bits per heavy atom. The van der Waals surface area contributed by atoms with E-state index in [9.17, 15) is 10.1 Å². The molecule has 0 saturated heterocycles. The van der Waals surface area contributed by atoms with Crippen LogP contribution in [0.5, 0.6) is 0 Å². The van der Waals surface area contributed by atoms with Gasteiger partial charge in [-0.3, -0.25) is 10.1 Å². The second kappa shape index (κ2) is 4.21. The minimum Gasteiger partial charge on any atom is -0.258 e. The van der Waals surface area contributed by atoms with Gasteiger partial charge >= 0.3 is 0 Å². The average Bonchev–Trinajstić information content (AvgIpc) is 2.20. The van der Waals surface area contributed by atoms with Crippen molar-refractivity contribution >= 4 is 5.69 Å². The number of benzene rings is 1. The van der Waals surface area contributed by atoms with Gasteiger partial charge in [0.25, 0.3) is 5.69 Å². The van der Waals surface area contributed by atoms with Crippen LogP contribution in [0.2, 0.25) is 0 Å². The first-order valence-electron chi connectivity index (χ1n) is 4.15. The van der Waals surface area contributed by atoms with Crippen molar-refractivity contribution in [1.82, 2.24) is 0 Å². The van der Waals surface area contributed by atoms with Crippen molar-refractivity contribution < 1.29 is 4.92 Å². The van der Waals surface area contributed by atoms with E-state index in [1.807, 2.05) is 12.1 Å². The number of hydrogen-bond acceptors (Lipinski definition) is 4. The summed E-state index contributed by atoms with van der Waals surface area (Å²) < 4.78 is 0. The van der Waals surface area contributed by atoms with Gasteiger partial charge in [-0.1, -0.05) is 0 Å². The third kappa shape index (κ3) is 1.92. The normalized spacial score (nSPS) is 9.00. The monoisotopic (exact) mass is 201 g/mol. The van der Waals surface area contributed by atoms with Crippen LogP contribution in [-0.4, -0.2) is 4.92 Å². The lowest BCUT2D eigenvalue weighted by molar-refractivity contribution is -0.385. The molecule has 0 saturated carbocycles. The zero-order valence-corrected chi connectivity index (χ0v) is 8.02. The molecule has 0 bridgehead atoms. The van der Waals surface area contributed by atoms with Gasteiger partial charge in [0.1, 0.15) is 0 Å². The summed E-state index contributed by atoms with van der Waals surface area (Å²) in [6.45, 7) is 1.55. The summed E-state index contributed by atoms with van der Waals surface area (Å²) in [5.74, 6) is 0. The summed E-state index contributed by atoms with van der Waals surface area (Å²) in [6.07, 6.45) is 0.0103. The highest BCUT2D eigenvalue weighted by Crippen LogP contribution is 2.24. The van der Waals surface area contributed by atoms with Crippen molar-refractivity contribution in [3.05, 3.63) is 38.9 Å². The van der Waals surface area contributed by atoms with E-state index in [0.29, 0.717) is 16.7 Å². The van der Waals surface area contributed by atoms with Crippen molar-refractivity contribution in [2.45, 2.75) is 13.3 Å². The highest BCUT2D eigenvalue weighted by Gasteiger charge is 2.16. The van der Waals surface area contributed by atoms with Gasteiger partial charge < -0.3 is 0 Å². The van der Waals surface area contributed by atoms with E-state index >= 15 is 0 Å². The fourth-order valence-electron chi connectivity index (χ4n) is 1.35. The number of hydrogen-bond donors (Lipinski definition) is 0. The second-order valence-electron chi connectivity index (χ2n) is 2.94. The maximum absolute atomic E-state index is 10.6. The van der Waals surface area contributed by atoms with Crippen molar-refractivity contribution in [2.24, 2.45) is 0 Å². The number of nitriles is 2. The molecule has 0 aromatic heterocycles. The molecule has 0 aliphatic heterocycles. The SMILES string of the molecule is Cc1c([N+](=O)[O-])ccc(C#N)c1CC#N. The van der Waals surface area contributed by atoms with Gasteiger partial charge in [-0.15, -0.1) is 0 Å². The molecule has 0 aliphatic carbocycles. The van der Waals surface area contributed by atoms with Gasteiger partial charge in [0.05, 0.1) is 29.0 Å². The first-order chi connectivity index (χ1) is 7.11. The molecule has 0 aliphatic rings. The third-order valence-corrected chi connectivity index (χ3v) is 2.14. The van der Waals surface area contributed by atoms with Gasteiger partial charge in [0.15, 0.2) is 0 Å². The first kappa shape index (κ1) is 10.7. The maximum Gasteiger partial charge on any atom is 0.272 e. The van der Waals surface area contributed by atoms with Gasteiger partial charge in [-0.25, -0.2) is 0 Å². The Morgan fingerprint density at radius 1 is 1.47 bits per heavy atom. The Bertz CT molecular complexity index is 495. The third-order valence-electron chi connectivity index (χ3n) is 2.14. The van der Waals surface area contributed by atoms with Crippen LogP contribution in [0.1, 0.15) is 16.7 Å². The fraction of sp³-hybridized carbons (Fsp3) is 0.200. The van der Waals surface area contributed by atoms with Gasteiger partial charge in [0.2, 0.25) is 0 Å². The van der Waals surface area contributed by atoms with Crippen LogP contribution in [0.3, 0.4) is 0 Å². The lowest BCUT2D eigenvalue weighted by atomic mass is 9.99. The van der Waals surface area contributed by atoms with Crippen molar-refractivity contribution in [3.8, 4) is 12.1 Å². The predicted molar refractivity (Wildman–Crippen MR) is 51.9 cm³/mol. The molecule has 1 rings (SSSR count). The van der Waals surface area contributed by atoms with E-state index in [1.165, 1.54) is 12.1 Å². The molecule has 0 amide bonds. The molecular weight excluding hydrogens is 194 g/mol. The molecule has 0 spiro atoms. The van der Waals surface area contributed by atoms with E-state index in [0.717, 1.165) is 0 Å². The Balaban J connectivity index is 3.45. The lowest BCUT2D eigenvalue weighted by Gasteiger charge is -2.04. The molecule has 1 aromatic rings. The first-order valence-corrected chi connectivity index (χ1v) is 4.15. The van der Waals surface area contributed by atoms with E-state index < -0.39 is 4.92 Å². The topological polar surface area (TPSA) is 90.7 Å². The molecule has 5 nitrogen and oxygen atoms in total. The minimum atomic E-state index is -0.517.